The summed E-state index contributed by atoms with van der Waals surface area (Å²) in [6, 6.07) is 2.25. The van der Waals surface area contributed by atoms with Crippen molar-refractivity contribution in [1.29, 1.82) is 0 Å². The first kappa shape index (κ1) is 15.7. The van der Waals surface area contributed by atoms with Gasteiger partial charge in [-0.1, -0.05) is 6.92 Å². The van der Waals surface area contributed by atoms with Crippen molar-refractivity contribution >= 4 is 11.6 Å². The predicted molar refractivity (Wildman–Crippen MR) is 79.8 cm³/mol. The highest BCUT2D eigenvalue weighted by atomic mass is 16.3. The van der Waals surface area contributed by atoms with E-state index in [1.807, 2.05) is 6.07 Å². The van der Waals surface area contributed by atoms with Crippen LogP contribution in [0.15, 0.2) is 6.07 Å². The summed E-state index contributed by atoms with van der Waals surface area (Å²) in [5, 5.41) is 12.4. The molecular formula is C14H26N4O. The Labute approximate surface area is 116 Å². The molecule has 0 aliphatic rings. The molecule has 0 fully saturated rings. The topological polar surface area (TPSA) is 61.3 Å². The molecule has 5 heteroatoms. The molecule has 0 aliphatic heterocycles. The number of nitrogens with one attached hydrogen (secondary N) is 1. The van der Waals surface area contributed by atoms with Crippen molar-refractivity contribution < 1.29 is 5.11 Å². The van der Waals surface area contributed by atoms with Gasteiger partial charge in [0.15, 0.2) is 0 Å². The van der Waals surface area contributed by atoms with E-state index in [4.69, 9.17) is 0 Å². The standard InChI is InChI=1S/C14H26N4O/c1-5-7-12-16-13(15-6-2)10-14(17-12)18(8-9-19)11(3)4/h10-11,19H,5-9H2,1-4H3,(H,15,16,17). The first-order chi connectivity index (χ1) is 9.12. The third kappa shape index (κ3) is 4.67. The third-order valence-corrected chi connectivity index (χ3v) is 2.85. The van der Waals surface area contributed by atoms with Crippen LogP contribution in [0.5, 0.6) is 0 Å². The molecule has 2 N–H and O–H groups in total. The minimum atomic E-state index is 0.127. The van der Waals surface area contributed by atoms with Gasteiger partial charge in [-0.25, -0.2) is 9.97 Å². The summed E-state index contributed by atoms with van der Waals surface area (Å²) in [6.07, 6.45) is 1.90. The van der Waals surface area contributed by atoms with Gasteiger partial charge in [-0.2, -0.15) is 0 Å². The zero-order valence-corrected chi connectivity index (χ0v) is 12.5. The Bertz CT molecular complexity index is 357. The number of aliphatic hydroxyl groups is 1. The quantitative estimate of drug-likeness (QED) is 0.754. The maximum absolute atomic E-state index is 9.19. The normalized spacial score (nSPS) is 10.8. The van der Waals surface area contributed by atoms with E-state index in [0.717, 1.165) is 36.8 Å². The predicted octanol–water partition coefficient (Wildman–Crippen LogP) is 2.07. The van der Waals surface area contributed by atoms with Gasteiger partial charge in [-0.15, -0.1) is 0 Å². The lowest BCUT2D eigenvalue weighted by atomic mass is 10.3. The minimum Gasteiger partial charge on any atom is -0.395 e. The average Bonchev–Trinajstić information content (AvgIpc) is 2.36. The monoisotopic (exact) mass is 266 g/mol. The number of anilines is 2. The SMILES string of the molecule is CCCc1nc(NCC)cc(N(CCO)C(C)C)n1. The number of rotatable bonds is 8. The van der Waals surface area contributed by atoms with Gasteiger partial charge in [-0.3, -0.25) is 0 Å². The molecule has 0 saturated heterocycles. The fraction of sp³-hybridized carbons (Fsp3) is 0.714. The van der Waals surface area contributed by atoms with Crippen LogP contribution in [-0.4, -0.2) is 40.8 Å². The highest BCUT2D eigenvalue weighted by Gasteiger charge is 2.14. The Kier molecular flexibility index (Phi) is 6.56. The molecular weight excluding hydrogens is 240 g/mol. The highest BCUT2D eigenvalue weighted by molar-refractivity contribution is 5.50. The van der Waals surface area contributed by atoms with Gasteiger partial charge < -0.3 is 15.3 Å². The summed E-state index contributed by atoms with van der Waals surface area (Å²) in [4.78, 5) is 11.2. The molecule has 0 saturated carbocycles. The zero-order valence-electron chi connectivity index (χ0n) is 12.5. The molecule has 1 heterocycles. The fourth-order valence-corrected chi connectivity index (χ4v) is 1.98. The van der Waals surface area contributed by atoms with E-state index in [1.54, 1.807) is 0 Å². The second kappa shape index (κ2) is 7.94. The number of hydrogen-bond acceptors (Lipinski definition) is 5. The van der Waals surface area contributed by atoms with Crippen LogP contribution in [0.2, 0.25) is 0 Å². The maximum Gasteiger partial charge on any atom is 0.134 e. The maximum atomic E-state index is 9.19. The molecule has 0 amide bonds. The molecule has 0 aliphatic carbocycles. The van der Waals surface area contributed by atoms with Gasteiger partial charge >= 0.3 is 0 Å². The van der Waals surface area contributed by atoms with E-state index in [9.17, 15) is 5.11 Å². The van der Waals surface area contributed by atoms with Crippen molar-refractivity contribution in [3.8, 4) is 0 Å². The Morgan fingerprint density at radius 3 is 2.58 bits per heavy atom. The van der Waals surface area contributed by atoms with Gasteiger partial charge in [0.05, 0.1) is 6.61 Å². The molecule has 1 aromatic heterocycles. The number of aromatic nitrogens is 2. The third-order valence-electron chi connectivity index (χ3n) is 2.85. The van der Waals surface area contributed by atoms with Crippen LogP contribution >= 0.6 is 0 Å². The Morgan fingerprint density at radius 1 is 1.32 bits per heavy atom. The summed E-state index contributed by atoms with van der Waals surface area (Å²) in [7, 11) is 0. The number of aryl methyl sites for hydroxylation is 1. The first-order valence-electron chi connectivity index (χ1n) is 7.11. The molecule has 19 heavy (non-hydrogen) atoms. The Balaban J connectivity index is 3.08. The number of hydrogen-bond donors (Lipinski definition) is 2. The summed E-state index contributed by atoms with van der Waals surface area (Å²) in [5.74, 6) is 2.61. The molecule has 1 aromatic rings. The van der Waals surface area contributed by atoms with Crippen LogP contribution in [0.25, 0.3) is 0 Å². The van der Waals surface area contributed by atoms with Crippen molar-refractivity contribution in [2.24, 2.45) is 0 Å². The molecule has 0 unspecified atom stereocenters. The second-order valence-corrected chi connectivity index (χ2v) is 4.82. The fourth-order valence-electron chi connectivity index (χ4n) is 1.98. The molecule has 108 valence electrons. The summed E-state index contributed by atoms with van der Waals surface area (Å²) in [5.41, 5.74) is 0. The van der Waals surface area contributed by atoms with E-state index < -0.39 is 0 Å². The van der Waals surface area contributed by atoms with E-state index in [-0.39, 0.29) is 6.61 Å². The average molecular weight is 266 g/mol. The summed E-state index contributed by atoms with van der Waals surface area (Å²) >= 11 is 0. The lowest BCUT2D eigenvalue weighted by Crippen LogP contribution is -2.34. The zero-order chi connectivity index (χ0) is 14.3. The van der Waals surface area contributed by atoms with Gasteiger partial charge in [0.25, 0.3) is 0 Å². The molecule has 0 radical (unpaired) electrons. The molecule has 0 aromatic carbocycles. The summed E-state index contributed by atoms with van der Waals surface area (Å²) < 4.78 is 0. The molecule has 5 nitrogen and oxygen atoms in total. The Morgan fingerprint density at radius 2 is 2.05 bits per heavy atom. The first-order valence-corrected chi connectivity index (χ1v) is 7.11. The number of aliphatic hydroxyl groups excluding tert-OH is 1. The van der Waals surface area contributed by atoms with Crippen molar-refractivity contribution in [2.45, 2.75) is 46.6 Å². The van der Waals surface area contributed by atoms with Crippen LogP contribution < -0.4 is 10.2 Å². The van der Waals surface area contributed by atoms with Gasteiger partial charge in [0.2, 0.25) is 0 Å². The van der Waals surface area contributed by atoms with Gasteiger partial charge in [0, 0.05) is 31.6 Å². The highest BCUT2D eigenvalue weighted by Crippen LogP contribution is 2.18. The molecule has 1 rings (SSSR count). The van der Waals surface area contributed by atoms with E-state index in [0.29, 0.717) is 12.6 Å². The number of nitrogens with zero attached hydrogens (tertiary/aromatic N) is 3. The largest absolute Gasteiger partial charge is 0.395 e. The van der Waals surface area contributed by atoms with Crippen LogP contribution in [0.1, 0.15) is 39.9 Å². The van der Waals surface area contributed by atoms with E-state index in [1.165, 1.54) is 0 Å². The van der Waals surface area contributed by atoms with E-state index in [2.05, 4.69) is 47.9 Å². The van der Waals surface area contributed by atoms with Crippen LogP contribution in [0.4, 0.5) is 11.6 Å². The Hall–Kier alpha value is -1.36. The van der Waals surface area contributed by atoms with Gasteiger partial charge in [0.1, 0.15) is 17.5 Å². The van der Waals surface area contributed by atoms with Crippen LogP contribution in [0.3, 0.4) is 0 Å². The smallest absolute Gasteiger partial charge is 0.134 e. The lowest BCUT2D eigenvalue weighted by molar-refractivity contribution is 0.298. The molecule has 0 spiro atoms. The lowest BCUT2D eigenvalue weighted by Gasteiger charge is -2.27. The summed E-state index contributed by atoms with van der Waals surface area (Å²) in [6.45, 7) is 9.93. The van der Waals surface area contributed by atoms with E-state index >= 15 is 0 Å². The van der Waals surface area contributed by atoms with Crippen molar-refractivity contribution in [2.75, 3.05) is 29.9 Å². The van der Waals surface area contributed by atoms with Crippen molar-refractivity contribution in [3.05, 3.63) is 11.9 Å². The van der Waals surface area contributed by atoms with Crippen LogP contribution in [0, 0.1) is 0 Å². The molecule has 0 atom stereocenters. The second-order valence-electron chi connectivity index (χ2n) is 4.82. The molecule has 0 bridgehead atoms. The van der Waals surface area contributed by atoms with Crippen LogP contribution in [-0.2, 0) is 6.42 Å². The van der Waals surface area contributed by atoms with Gasteiger partial charge in [-0.05, 0) is 27.2 Å². The van der Waals surface area contributed by atoms with Crippen molar-refractivity contribution in [1.82, 2.24) is 9.97 Å². The minimum absolute atomic E-state index is 0.127. The van der Waals surface area contributed by atoms with Crippen molar-refractivity contribution in [3.63, 3.8) is 0 Å².